The molecule has 1 unspecified atom stereocenters. The summed E-state index contributed by atoms with van der Waals surface area (Å²) in [6.07, 6.45) is 5.00. The maximum absolute atomic E-state index is 11.4. The van der Waals surface area contributed by atoms with Crippen molar-refractivity contribution in [2.75, 3.05) is 6.54 Å². The Labute approximate surface area is 100 Å². The van der Waals surface area contributed by atoms with E-state index in [4.69, 9.17) is 5.73 Å². The van der Waals surface area contributed by atoms with Gasteiger partial charge in [-0.15, -0.1) is 11.3 Å². The first-order valence-corrected chi connectivity index (χ1v) is 6.72. The van der Waals surface area contributed by atoms with Crippen LogP contribution in [0.25, 0.3) is 0 Å². The molecule has 1 fully saturated rings. The zero-order valence-corrected chi connectivity index (χ0v) is 10.1. The molecule has 2 rings (SSSR count). The predicted octanol–water partition coefficient (Wildman–Crippen LogP) is 2.05. The van der Waals surface area contributed by atoms with E-state index in [1.807, 2.05) is 6.07 Å². The fourth-order valence-corrected chi connectivity index (χ4v) is 3.28. The van der Waals surface area contributed by atoms with Gasteiger partial charge in [0.2, 0.25) is 5.91 Å². The molecule has 3 N–H and O–H groups in total. The molecule has 88 valence electrons. The average molecular weight is 238 g/mol. The number of nitrogens with one attached hydrogen (secondary N) is 1. The van der Waals surface area contributed by atoms with Crippen LogP contribution in [0.3, 0.4) is 0 Å². The lowest BCUT2D eigenvalue weighted by Gasteiger charge is -2.23. The first-order valence-electron chi connectivity index (χ1n) is 5.84. The minimum atomic E-state index is -0.0506. The Bertz CT molecular complexity index is 331. The van der Waals surface area contributed by atoms with Crippen molar-refractivity contribution >= 4 is 17.2 Å². The third-order valence-corrected chi connectivity index (χ3v) is 4.18. The van der Waals surface area contributed by atoms with Gasteiger partial charge in [-0.3, -0.25) is 4.79 Å². The van der Waals surface area contributed by atoms with Gasteiger partial charge in [-0.25, -0.2) is 0 Å². The third kappa shape index (κ3) is 2.62. The molecule has 4 heteroatoms. The van der Waals surface area contributed by atoms with Crippen LogP contribution in [0.15, 0.2) is 17.5 Å². The maximum atomic E-state index is 11.4. The molecule has 1 atom stereocenters. The molecule has 1 heterocycles. The van der Waals surface area contributed by atoms with Crippen LogP contribution in [0.2, 0.25) is 0 Å². The van der Waals surface area contributed by atoms with E-state index in [0.29, 0.717) is 5.92 Å². The number of hydrogen-bond donors (Lipinski definition) is 2. The van der Waals surface area contributed by atoms with Gasteiger partial charge in [0.15, 0.2) is 0 Å². The average Bonchev–Trinajstić information content (AvgIpc) is 2.97. The molecule has 0 radical (unpaired) electrons. The largest absolute Gasteiger partial charge is 0.347 e. The lowest BCUT2D eigenvalue weighted by Crippen LogP contribution is -2.36. The zero-order chi connectivity index (χ0) is 11.4. The summed E-state index contributed by atoms with van der Waals surface area (Å²) >= 11 is 1.71. The van der Waals surface area contributed by atoms with Crippen LogP contribution in [-0.2, 0) is 4.79 Å². The summed E-state index contributed by atoms with van der Waals surface area (Å²) in [4.78, 5) is 12.7. The molecule has 16 heavy (non-hydrogen) atoms. The Balaban J connectivity index is 2.09. The predicted molar refractivity (Wildman–Crippen MR) is 66.2 cm³/mol. The summed E-state index contributed by atoms with van der Waals surface area (Å²) < 4.78 is 0. The van der Waals surface area contributed by atoms with Gasteiger partial charge in [0, 0.05) is 4.88 Å². The van der Waals surface area contributed by atoms with Crippen molar-refractivity contribution in [3.63, 3.8) is 0 Å². The fourth-order valence-electron chi connectivity index (χ4n) is 2.41. The number of amides is 1. The molecular weight excluding hydrogens is 220 g/mol. The van der Waals surface area contributed by atoms with E-state index in [-0.39, 0.29) is 18.5 Å². The third-order valence-electron chi connectivity index (χ3n) is 3.22. The molecule has 1 aromatic heterocycles. The summed E-state index contributed by atoms with van der Waals surface area (Å²) in [5.41, 5.74) is 5.36. The Morgan fingerprint density at radius 3 is 2.88 bits per heavy atom. The van der Waals surface area contributed by atoms with Gasteiger partial charge in [0.05, 0.1) is 12.6 Å². The van der Waals surface area contributed by atoms with Gasteiger partial charge in [-0.2, -0.15) is 0 Å². The zero-order valence-electron chi connectivity index (χ0n) is 9.32. The highest BCUT2D eigenvalue weighted by atomic mass is 32.1. The topological polar surface area (TPSA) is 55.1 Å². The molecule has 0 aliphatic heterocycles. The number of carbonyl (C=O) groups is 1. The minimum absolute atomic E-state index is 0.0506. The second kappa shape index (κ2) is 5.46. The SMILES string of the molecule is NCC(=O)NC(c1cccs1)C1CCCC1. The first-order chi connectivity index (χ1) is 7.81. The monoisotopic (exact) mass is 238 g/mol. The fraction of sp³-hybridized carbons (Fsp3) is 0.583. The molecule has 1 aliphatic rings. The molecule has 1 aliphatic carbocycles. The van der Waals surface area contributed by atoms with E-state index in [1.165, 1.54) is 30.6 Å². The van der Waals surface area contributed by atoms with Crippen molar-refractivity contribution in [2.24, 2.45) is 11.7 Å². The molecule has 0 saturated heterocycles. The maximum Gasteiger partial charge on any atom is 0.234 e. The van der Waals surface area contributed by atoms with Crippen molar-refractivity contribution in [1.82, 2.24) is 5.32 Å². The summed E-state index contributed by atoms with van der Waals surface area (Å²) in [6, 6.07) is 4.32. The Kier molecular flexibility index (Phi) is 3.96. The standard InChI is InChI=1S/C12H18N2OS/c13-8-11(15)14-12(9-4-1-2-5-9)10-6-3-7-16-10/h3,6-7,9,12H,1-2,4-5,8,13H2,(H,14,15). The van der Waals surface area contributed by atoms with Crippen molar-refractivity contribution in [3.05, 3.63) is 22.4 Å². The molecule has 3 nitrogen and oxygen atoms in total. The number of nitrogens with two attached hydrogens (primary N) is 1. The number of thiophene rings is 1. The molecule has 1 saturated carbocycles. The van der Waals surface area contributed by atoms with Gasteiger partial charge in [-0.05, 0) is 30.2 Å². The van der Waals surface area contributed by atoms with E-state index >= 15 is 0 Å². The number of rotatable bonds is 4. The van der Waals surface area contributed by atoms with Gasteiger partial charge < -0.3 is 11.1 Å². The van der Waals surface area contributed by atoms with Gasteiger partial charge in [-0.1, -0.05) is 18.9 Å². The highest BCUT2D eigenvalue weighted by Gasteiger charge is 2.27. The van der Waals surface area contributed by atoms with E-state index in [2.05, 4.69) is 16.8 Å². The molecule has 0 bridgehead atoms. The molecular formula is C12H18N2OS. The van der Waals surface area contributed by atoms with Crippen molar-refractivity contribution in [1.29, 1.82) is 0 Å². The van der Waals surface area contributed by atoms with Crippen molar-refractivity contribution < 1.29 is 4.79 Å². The summed E-state index contributed by atoms with van der Waals surface area (Å²) in [7, 11) is 0. The van der Waals surface area contributed by atoms with Crippen molar-refractivity contribution in [2.45, 2.75) is 31.7 Å². The molecule has 0 aromatic carbocycles. The Hall–Kier alpha value is -0.870. The van der Waals surface area contributed by atoms with Gasteiger partial charge in [0.1, 0.15) is 0 Å². The minimum Gasteiger partial charge on any atom is -0.347 e. The smallest absolute Gasteiger partial charge is 0.234 e. The van der Waals surface area contributed by atoms with E-state index in [9.17, 15) is 4.79 Å². The van der Waals surface area contributed by atoms with Gasteiger partial charge >= 0.3 is 0 Å². The van der Waals surface area contributed by atoms with Crippen LogP contribution in [0.5, 0.6) is 0 Å². The first kappa shape index (κ1) is 11.6. The Morgan fingerprint density at radius 1 is 1.56 bits per heavy atom. The number of carbonyl (C=O) groups excluding carboxylic acids is 1. The van der Waals surface area contributed by atoms with Crippen molar-refractivity contribution in [3.8, 4) is 0 Å². The molecule has 0 spiro atoms. The van der Waals surface area contributed by atoms with Crippen LogP contribution in [0.1, 0.15) is 36.6 Å². The normalized spacial score (nSPS) is 18.6. The summed E-state index contributed by atoms with van der Waals surface area (Å²) in [5.74, 6) is 0.541. The van der Waals surface area contributed by atoms with E-state index in [0.717, 1.165) is 0 Å². The van der Waals surface area contributed by atoms with Crippen LogP contribution in [-0.4, -0.2) is 12.5 Å². The van der Waals surface area contributed by atoms with Gasteiger partial charge in [0.25, 0.3) is 0 Å². The highest BCUT2D eigenvalue weighted by Crippen LogP contribution is 2.37. The van der Waals surface area contributed by atoms with Crippen LogP contribution in [0.4, 0.5) is 0 Å². The Morgan fingerprint density at radius 2 is 2.31 bits per heavy atom. The summed E-state index contributed by atoms with van der Waals surface area (Å²) in [6.45, 7) is 0.0780. The lowest BCUT2D eigenvalue weighted by atomic mass is 9.96. The number of hydrogen-bond acceptors (Lipinski definition) is 3. The molecule has 1 aromatic rings. The second-order valence-electron chi connectivity index (χ2n) is 4.31. The lowest BCUT2D eigenvalue weighted by molar-refractivity contribution is -0.120. The van der Waals surface area contributed by atoms with Crippen LogP contribution in [0, 0.1) is 5.92 Å². The van der Waals surface area contributed by atoms with Crippen LogP contribution >= 0.6 is 11.3 Å². The summed E-state index contributed by atoms with van der Waals surface area (Å²) in [5, 5.41) is 5.12. The van der Waals surface area contributed by atoms with E-state index < -0.39 is 0 Å². The van der Waals surface area contributed by atoms with Crippen LogP contribution < -0.4 is 11.1 Å². The second-order valence-corrected chi connectivity index (χ2v) is 5.29. The van der Waals surface area contributed by atoms with E-state index in [1.54, 1.807) is 11.3 Å². The highest BCUT2D eigenvalue weighted by molar-refractivity contribution is 7.10. The molecule has 1 amide bonds. The quantitative estimate of drug-likeness (QED) is 0.843.